The second-order valence-electron chi connectivity index (χ2n) is 6.41. The fraction of sp³-hybridized carbons (Fsp3) is 0.412. The van der Waals surface area contributed by atoms with Crippen LogP contribution >= 0.6 is 11.3 Å². The van der Waals surface area contributed by atoms with Gasteiger partial charge in [0.2, 0.25) is 5.91 Å². The largest absolute Gasteiger partial charge is 0.289 e. The molecule has 2 heterocycles. The number of hydroxylamine groups is 1. The summed E-state index contributed by atoms with van der Waals surface area (Å²) in [5.74, 6) is -0.923. The maximum absolute atomic E-state index is 14.2. The molecule has 2 aliphatic carbocycles. The molecule has 2 fully saturated rings. The SMILES string of the molecule is Cc1cc(F)c(C2C(C(=O)NO)C2c2ccnc(C3CC3)c2)s1. The fourth-order valence-corrected chi connectivity index (χ4v) is 4.55. The van der Waals surface area contributed by atoms with Crippen LogP contribution in [0.5, 0.6) is 0 Å². The molecule has 3 unspecified atom stereocenters. The molecular formula is C17H17FN2O2S. The first kappa shape index (κ1) is 14.8. The van der Waals surface area contributed by atoms with Crippen LogP contribution in [0.3, 0.4) is 0 Å². The monoisotopic (exact) mass is 332 g/mol. The van der Waals surface area contributed by atoms with Gasteiger partial charge in [-0.05, 0) is 43.5 Å². The Morgan fingerprint density at radius 3 is 2.78 bits per heavy atom. The van der Waals surface area contributed by atoms with Gasteiger partial charge in [-0.2, -0.15) is 0 Å². The average Bonchev–Trinajstić information content (AvgIpc) is 3.44. The van der Waals surface area contributed by atoms with E-state index in [0.29, 0.717) is 10.8 Å². The minimum atomic E-state index is -0.449. The van der Waals surface area contributed by atoms with E-state index in [-0.39, 0.29) is 17.7 Å². The van der Waals surface area contributed by atoms with Crippen LogP contribution in [0.25, 0.3) is 0 Å². The van der Waals surface area contributed by atoms with Crippen molar-refractivity contribution in [3.05, 3.63) is 51.2 Å². The minimum Gasteiger partial charge on any atom is -0.289 e. The van der Waals surface area contributed by atoms with Crippen LogP contribution in [-0.4, -0.2) is 16.1 Å². The van der Waals surface area contributed by atoms with E-state index in [9.17, 15) is 9.18 Å². The van der Waals surface area contributed by atoms with Crippen molar-refractivity contribution in [3.8, 4) is 0 Å². The van der Waals surface area contributed by atoms with Gasteiger partial charge >= 0.3 is 0 Å². The van der Waals surface area contributed by atoms with Gasteiger partial charge in [0.05, 0.1) is 5.92 Å². The molecule has 0 spiro atoms. The minimum absolute atomic E-state index is 0.102. The molecule has 1 amide bonds. The maximum Gasteiger partial charge on any atom is 0.247 e. The molecule has 3 atom stereocenters. The van der Waals surface area contributed by atoms with Crippen molar-refractivity contribution >= 4 is 17.2 Å². The normalized spacial score (nSPS) is 26.1. The predicted octanol–water partition coefficient (Wildman–Crippen LogP) is 3.47. The van der Waals surface area contributed by atoms with Crippen molar-refractivity contribution in [2.75, 3.05) is 0 Å². The summed E-state index contributed by atoms with van der Waals surface area (Å²) in [7, 11) is 0. The Balaban J connectivity index is 1.69. The Labute approximate surface area is 137 Å². The summed E-state index contributed by atoms with van der Waals surface area (Å²) < 4.78 is 14.2. The first-order chi connectivity index (χ1) is 11.1. The molecule has 2 aromatic rings. The summed E-state index contributed by atoms with van der Waals surface area (Å²) in [6.45, 7) is 1.85. The number of nitrogens with zero attached hydrogens (tertiary/aromatic N) is 1. The number of carbonyl (C=O) groups excluding carboxylic acids is 1. The molecule has 120 valence electrons. The highest BCUT2D eigenvalue weighted by Crippen LogP contribution is 2.62. The lowest BCUT2D eigenvalue weighted by molar-refractivity contribution is -0.130. The van der Waals surface area contributed by atoms with Crippen LogP contribution in [0, 0.1) is 18.7 Å². The average molecular weight is 332 g/mol. The molecule has 0 bridgehead atoms. The van der Waals surface area contributed by atoms with Gasteiger partial charge in [-0.1, -0.05) is 0 Å². The van der Waals surface area contributed by atoms with Crippen LogP contribution in [-0.2, 0) is 4.79 Å². The van der Waals surface area contributed by atoms with Gasteiger partial charge in [-0.3, -0.25) is 15.0 Å². The zero-order valence-corrected chi connectivity index (χ0v) is 13.4. The molecule has 2 saturated carbocycles. The molecule has 2 aromatic heterocycles. The zero-order valence-electron chi connectivity index (χ0n) is 12.6. The molecule has 0 saturated heterocycles. The smallest absolute Gasteiger partial charge is 0.247 e. The molecule has 0 aliphatic heterocycles. The number of aryl methyl sites for hydroxylation is 1. The van der Waals surface area contributed by atoms with E-state index in [2.05, 4.69) is 4.98 Å². The quantitative estimate of drug-likeness (QED) is 0.666. The Kier molecular flexibility index (Phi) is 3.46. The van der Waals surface area contributed by atoms with E-state index in [1.165, 1.54) is 17.4 Å². The Hall–Kier alpha value is -1.79. The van der Waals surface area contributed by atoms with Crippen molar-refractivity contribution in [2.45, 2.75) is 37.5 Å². The van der Waals surface area contributed by atoms with E-state index in [1.54, 1.807) is 11.7 Å². The lowest BCUT2D eigenvalue weighted by Gasteiger charge is -2.03. The highest BCUT2D eigenvalue weighted by molar-refractivity contribution is 7.12. The van der Waals surface area contributed by atoms with E-state index >= 15 is 0 Å². The van der Waals surface area contributed by atoms with Gasteiger partial charge < -0.3 is 0 Å². The first-order valence-electron chi connectivity index (χ1n) is 7.75. The number of pyridine rings is 1. The lowest BCUT2D eigenvalue weighted by atomic mass is 10.1. The summed E-state index contributed by atoms with van der Waals surface area (Å²) in [4.78, 5) is 17.9. The zero-order chi connectivity index (χ0) is 16.1. The number of hydrogen-bond donors (Lipinski definition) is 2. The van der Waals surface area contributed by atoms with E-state index in [0.717, 1.165) is 29.0 Å². The third kappa shape index (κ3) is 2.56. The van der Waals surface area contributed by atoms with Gasteiger partial charge in [0.25, 0.3) is 0 Å². The molecule has 4 nitrogen and oxygen atoms in total. The highest BCUT2D eigenvalue weighted by Gasteiger charge is 2.57. The number of thiophene rings is 1. The number of nitrogens with one attached hydrogen (secondary N) is 1. The van der Waals surface area contributed by atoms with E-state index in [1.807, 2.05) is 19.1 Å². The number of aromatic nitrogens is 1. The maximum atomic E-state index is 14.2. The Morgan fingerprint density at radius 2 is 2.17 bits per heavy atom. The molecule has 4 rings (SSSR count). The summed E-state index contributed by atoms with van der Waals surface area (Å²) >= 11 is 1.39. The third-order valence-corrected chi connectivity index (χ3v) is 5.88. The standard InChI is InChI=1S/C17H17FN2O2S/c1-8-6-11(18)16(23-8)14-13(15(14)17(21)20-22)10-4-5-19-12(7-10)9-2-3-9/h4-7,9,13-15,22H,2-3H2,1H3,(H,20,21). The summed E-state index contributed by atoms with van der Waals surface area (Å²) in [5.41, 5.74) is 3.79. The topological polar surface area (TPSA) is 62.2 Å². The molecule has 2 N–H and O–H groups in total. The molecule has 23 heavy (non-hydrogen) atoms. The predicted molar refractivity (Wildman–Crippen MR) is 84.1 cm³/mol. The van der Waals surface area contributed by atoms with Gasteiger partial charge in [-0.25, -0.2) is 9.87 Å². The van der Waals surface area contributed by atoms with E-state index < -0.39 is 11.8 Å². The number of rotatable bonds is 4. The van der Waals surface area contributed by atoms with Gasteiger partial charge in [-0.15, -0.1) is 11.3 Å². The molecule has 6 heteroatoms. The number of hydrogen-bond acceptors (Lipinski definition) is 4. The van der Waals surface area contributed by atoms with Crippen molar-refractivity contribution in [3.63, 3.8) is 0 Å². The summed E-state index contributed by atoms with van der Waals surface area (Å²) in [6, 6.07) is 5.44. The van der Waals surface area contributed by atoms with Crippen molar-refractivity contribution in [1.82, 2.24) is 10.5 Å². The van der Waals surface area contributed by atoms with Crippen molar-refractivity contribution < 1.29 is 14.4 Å². The van der Waals surface area contributed by atoms with Gasteiger partial charge in [0.15, 0.2) is 0 Å². The molecular weight excluding hydrogens is 315 g/mol. The molecule has 0 aromatic carbocycles. The van der Waals surface area contributed by atoms with Crippen LogP contribution in [0.2, 0.25) is 0 Å². The number of amides is 1. The van der Waals surface area contributed by atoms with Crippen molar-refractivity contribution in [2.24, 2.45) is 5.92 Å². The summed E-state index contributed by atoms with van der Waals surface area (Å²) in [6.07, 6.45) is 4.08. The summed E-state index contributed by atoms with van der Waals surface area (Å²) in [5, 5.41) is 9.00. The first-order valence-corrected chi connectivity index (χ1v) is 8.57. The van der Waals surface area contributed by atoms with Gasteiger partial charge in [0, 0.05) is 39.4 Å². The van der Waals surface area contributed by atoms with Crippen LogP contribution in [0.15, 0.2) is 24.4 Å². The molecule has 2 aliphatic rings. The fourth-order valence-electron chi connectivity index (χ4n) is 3.46. The lowest BCUT2D eigenvalue weighted by Crippen LogP contribution is -2.21. The second kappa shape index (κ2) is 5.39. The van der Waals surface area contributed by atoms with Gasteiger partial charge in [0.1, 0.15) is 5.82 Å². The number of carbonyl (C=O) groups is 1. The Bertz CT molecular complexity index is 772. The Morgan fingerprint density at radius 1 is 1.39 bits per heavy atom. The number of halogens is 1. The highest BCUT2D eigenvalue weighted by atomic mass is 32.1. The van der Waals surface area contributed by atoms with E-state index in [4.69, 9.17) is 5.21 Å². The van der Waals surface area contributed by atoms with Crippen LogP contribution in [0.1, 0.15) is 51.6 Å². The molecule has 0 radical (unpaired) electrons. The van der Waals surface area contributed by atoms with Crippen LogP contribution < -0.4 is 5.48 Å². The second-order valence-corrected chi connectivity index (χ2v) is 7.70. The van der Waals surface area contributed by atoms with Crippen molar-refractivity contribution in [1.29, 1.82) is 0 Å². The third-order valence-electron chi connectivity index (χ3n) is 4.76. The van der Waals surface area contributed by atoms with Crippen LogP contribution in [0.4, 0.5) is 4.39 Å².